The molecule has 0 fully saturated rings. The summed E-state index contributed by atoms with van der Waals surface area (Å²) < 4.78 is 40.7. The summed E-state index contributed by atoms with van der Waals surface area (Å²) in [7, 11) is 0. The number of halogens is 3. The first kappa shape index (κ1) is 17.3. The molecule has 0 bridgehead atoms. The molecule has 0 saturated carbocycles. The molecule has 1 aromatic carbocycles. The van der Waals surface area contributed by atoms with Crippen LogP contribution in [-0.2, 0) is 4.79 Å². The Kier molecular flexibility index (Phi) is 6.52. The topological polar surface area (TPSA) is 29.5 Å². The van der Waals surface area contributed by atoms with Gasteiger partial charge in [0.25, 0.3) is 0 Å². The molecule has 0 aliphatic heterocycles. The van der Waals surface area contributed by atoms with E-state index in [2.05, 4.69) is 4.74 Å². The summed E-state index contributed by atoms with van der Waals surface area (Å²) >= 11 is 0. The number of hydrogen-bond acceptors (Lipinski definition) is 2. The van der Waals surface area contributed by atoms with Crippen LogP contribution in [0.15, 0.2) is 24.3 Å². The van der Waals surface area contributed by atoms with Gasteiger partial charge in [-0.05, 0) is 25.0 Å². The molecule has 0 aromatic heterocycles. The van der Waals surface area contributed by atoms with Gasteiger partial charge in [0.2, 0.25) is 5.91 Å². The number of alkyl halides is 3. The van der Waals surface area contributed by atoms with Crippen molar-refractivity contribution in [1.82, 2.24) is 0 Å². The number of unbranched alkanes of at least 4 members (excludes halogenated alkanes) is 1. The van der Waals surface area contributed by atoms with E-state index in [0.29, 0.717) is 25.1 Å². The summed E-state index contributed by atoms with van der Waals surface area (Å²) in [5.41, 5.74) is 0.434. The minimum atomic E-state index is -4.74. The number of amides is 1. The highest BCUT2D eigenvalue weighted by Crippen LogP contribution is 2.27. The summed E-state index contributed by atoms with van der Waals surface area (Å²) in [5, 5.41) is 0. The number of nitrogens with zero attached hydrogens (tertiary/aromatic N) is 1. The predicted octanol–water partition coefficient (Wildman–Crippen LogP) is 4.52. The van der Waals surface area contributed by atoms with Crippen molar-refractivity contribution in [3.8, 4) is 5.75 Å². The monoisotopic (exact) mass is 303 g/mol. The number of anilines is 1. The third kappa shape index (κ3) is 6.06. The molecule has 21 heavy (non-hydrogen) atoms. The minimum Gasteiger partial charge on any atom is -0.406 e. The van der Waals surface area contributed by atoms with Gasteiger partial charge in [0.05, 0.1) is 0 Å². The first-order valence-electron chi connectivity index (χ1n) is 7.03. The van der Waals surface area contributed by atoms with Crippen molar-refractivity contribution < 1.29 is 22.7 Å². The Labute approximate surface area is 122 Å². The third-order valence-electron chi connectivity index (χ3n) is 2.86. The lowest BCUT2D eigenvalue weighted by Gasteiger charge is -2.23. The summed E-state index contributed by atoms with van der Waals surface area (Å²) in [4.78, 5) is 13.6. The third-order valence-corrected chi connectivity index (χ3v) is 2.86. The first-order chi connectivity index (χ1) is 9.87. The van der Waals surface area contributed by atoms with Crippen LogP contribution < -0.4 is 9.64 Å². The van der Waals surface area contributed by atoms with E-state index in [1.807, 2.05) is 13.8 Å². The highest BCUT2D eigenvalue weighted by molar-refractivity contribution is 5.93. The standard InChI is InChI=1S/C15H20F3NO2/c1-3-5-10-19(14(20)7-4-2)12-8-6-9-13(11-12)21-15(16,17)18/h6,8-9,11H,3-5,7,10H2,1-2H3. The van der Waals surface area contributed by atoms with Crippen molar-refractivity contribution in [3.05, 3.63) is 24.3 Å². The Morgan fingerprint density at radius 3 is 2.52 bits per heavy atom. The second-order valence-corrected chi connectivity index (χ2v) is 4.69. The number of carbonyl (C=O) groups is 1. The lowest BCUT2D eigenvalue weighted by atomic mass is 10.2. The average molecular weight is 303 g/mol. The normalized spacial score (nSPS) is 11.3. The lowest BCUT2D eigenvalue weighted by molar-refractivity contribution is -0.274. The number of carbonyl (C=O) groups excluding carboxylic acids is 1. The van der Waals surface area contributed by atoms with Crippen LogP contribution in [0.2, 0.25) is 0 Å². The van der Waals surface area contributed by atoms with Gasteiger partial charge in [0.1, 0.15) is 5.75 Å². The molecular formula is C15H20F3NO2. The maximum atomic E-state index is 12.3. The van der Waals surface area contributed by atoms with E-state index in [1.54, 1.807) is 6.07 Å². The first-order valence-corrected chi connectivity index (χ1v) is 7.03. The zero-order chi connectivity index (χ0) is 15.9. The summed E-state index contributed by atoms with van der Waals surface area (Å²) in [6.45, 7) is 4.37. The Balaban J connectivity index is 2.95. The van der Waals surface area contributed by atoms with Crippen LogP contribution in [0, 0.1) is 0 Å². The van der Waals surface area contributed by atoms with Gasteiger partial charge >= 0.3 is 6.36 Å². The molecule has 0 unspecified atom stereocenters. The summed E-state index contributed by atoms with van der Waals surface area (Å²) in [6.07, 6.45) is -1.98. The number of hydrogen-bond donors (Lipinski definition) is 0. The number of rotatable bonds is 7. The van der Waals surface area contributed by atoms with Crippen molar-refractivity contribution in [2.75, 3.05) is 11.4 Å². The second-order valence-electron chi connectivity index (χ2n) is 4.69. The average Bonchev–Trinajstić information content (AvgIpc) is 2.38. The zero-order valence-electron chi connectivity index (χ0n) is 12.2. The Hall–Kier alpha value is -1.72. The van der Waals surface area contributed by atoms with E-state index in [4.69, 9.17) is 0 Å². The van der Waals surface area contributed by atoms with Crippen LogP contribution in [-0.4, -0.2) is 18.8 Å². The van der Waals surface area contributed by atoms with Crippen molar-refractivity contribution in [2.45, 2.75) is 45.9 Å². The molecule has 0 atom stereocenters. The fourth-order valence-electron chi connectivity index (χ4n) is 1.91. The molecule has 0 spiro atoms. The number of ether oxygens (including phenoxy) is 1. The molecule has 3 nitrogen and oxygen atoms in total. The predicted molar refractivity (Wildman–Crippen MR) is 75.3 cm³/mol. The highest BCUT2D eigenvalue weighted by atomic mass is 19.4. The fraction of sp³-hybridized carbons (Fsp3) is 0.533. The summed E-state index contributed by atoms with van der Waals surface area (Å²) in [5.74, 6) is -0.402. The molecular weight excluding hydrogens is 283 g/mol. The van der Waals surface area contributed by atoms with Crippen molar-refractivity contribution in [3.63, 3.8) is 0 Å². The molecule has 1 amide bonds. The maximum Gasteiger partial charge on any atom is 0.573 e. The van der Waals surface area contributed by atoms with Gasteiger partial charge in [0.15, 0.2) is 0 Å². The highest BCUT2D eigenvalue weighted by Gasteiger charge is 2.31. The maximum absolute atomic E-state index is 12.3. The van der Waals surface area contributed by atoms with E-state index in [9.17, 15) is 18.0 Å². The van der Waals surface area contributed by atoms with Crippen molar-refractivity contribution in [2.24, 2.45) is 0 Å². The van der Waals surface area contributed by atoms with Crippen LogP contribution in [0.5, 0.6) is 5.75 Å². The van der Waals surface area contributed by atoms with Gasteiger partial charge < -0.3 is 9.64 Å². The van der Waals surface area contributed by atoms with Gasteiger partial charge in [-0.2, -0.15) is 0 Å². The molecule has 0 aliphatic carbocycles. The van der Waals surface area contributed by atoms with Crippen LogP contribution >= 0.6 is 0 Å². The van der Waals surface area contributed by atoms with E-state index in [0.717, 1.165) is 12.8 Å². The number of benzene rings is 1. The Bertz CT molecular complexity index is 460. The van der Waals surface area contributed by atoms with E-state index in [1.165, 1.54) is 23.1 Å². The van der Waals surface area contributed by atoms with Gasteiger partial charge in [-0.15, -0.1) is 13.2 Å². The molecule has 1 aromatic rings. The molecule has 0 aliphatic rings. The quantitative estimate of drug-likeness (QED) is 0.741. The lowest BCUT2D eigenvalue weighted by Crippen LogP contribution is -2.31. The smallest absolute Gasteiger partial charge is 0.406 e. The van der Waals surface area contributed by atoms with Crippen LogP contribution in [0.3, 0.4) is 0 Å². The largest absolute Gasteiger partial charge is 0.573 e. The zero-order valence-corrected chi connectivity index (χ0v) is 12.2. The van der Waals surface area contributed by atoms with Crippen LogP contribution in [0.1, 0.15) is 39.5 Å². The van der Waals surface area contributed by atoms with E-state index in [-0.39, 0.29) is 11.7 Å². The molecule has 0 N–H and O–H groups in total. The second kappa shape index (κ2) is 7.90. The van der Waals surface area contributed by atoms with Crippen LogP contribution in [0.25, 0.3) is 0 Å². The van der Waals surface area contributed by atoms with Gasteiger partial charge in [0, 0.05) is 24.7 Å². The Morgan fingerprint density at radius 1 is 1.24 bits per heavy atom. The van der Waals surface area contributed by atoms with E-state index >= 15 is 0 Å². The summed E-state index contributed by atoms with van der Waals surface area (Å²) in [6, 6.07) is 5.54. The van der Waals surface area contributed by atoms with E-state index < -0.39 is 6.36 Å². The SMILES string of the molecule is CCCCN(C(=O)CCC)c1cccc(OC(F)(F)F)c1. The van der Waals surface area contributed by atoms with Gasteiger partial charge in [-0.1, -0.05) is 26.3 Å². The minimum absolute atomic E-state index is 0.0879. The van der Waals surface area contributed by atoms with Gasteiger partial charge in [-0.3, -0.25) is 4.79 Å². The fourth-order valence-corrected chi connectivity index (χ4v) is 1.91. The molecule has 118 valence electrons. The van der Waals surface area contributed by atoms with Gasteiger partial charge in [-0.25, -0.2) is 0 Å². The van der Waals surface area contributed by atoms with Crippen LogP contribution in [0.4, 0.5) is 18.9 Å². The molecule has 6 heteroatoms. The molecule has 0 saturated heterocycles. The molecule has 1 rings (SSSR count). The Morgan fingerprint density at radius 2 is 1.95 bits per heavy atom. The van der Waals surface area contributed by atoms with Crippen molar-refractivity contribution in [1.29, 1.82) is 0 Å². The molecule has 0 radical (unpaired) electrons. The van der Waals surface area contributed by atoms with Crippen molar-refractivity contribution >= 4 is 11.6 Å². The molecule has 0 heterocycles.